The van der Waals surface area contributed by atoms with Crippen molar-refractivity contribution in [1.29, 1.82) is 5.26 Å². The van der Waals surface area contributed by atoms with E-state index in [1.54, 1.807) is 38.7 Å². The molecule has 5 rings (SSSR count). The van der Waals surface area contributed by atoms with Gasteiger partial charge in [0.2, 0.25) is 5.91 Å². The van der Waals surface area contributed by atoms with Gasteiger partial charge in [-0.2, -0.15) is 10.4 Å². The summed E-state index contributed by atoms with van der Waals surface area (Å²) in [5.74, 6) is -0.939. The zero-order chi connectivity index (χ0) is 29.7. The molecular formula is C30H31FN6O4. The lowest BCUT2D eigenvalue weighted by atomic mass is 9.82. The highest BCUT2D eigenvalue weighted by atomic mass is 19.1. The van der Waals surface area contributed by atoms with Crippen molar-refractivity contribution in [3.63, 3.8) is 0 Å². The van der Waals surface area contributed by atoms with E-state index in [0.29, 0.717) is 29.8 Å². The van der Waals surface area contributed by atoms with Gasteiger partial charge in [0.05, 0.1) is 34.5 Å². The summed E-state index contributed by atoms with van der Waals surface area (Å²) >= 11 is 0. The lowest BCUT2D eigenvalue weighted by molar-refractivity contribution is -0.135. The minimum atomic E-state index is -0.890. The summed E-state index contributed by atoms with van der Waals surface area (Å²) in [5.41, 5.74) is 0.329. The first-order chi connectivity index (χ1) is 19.4. The fraction of sp³-hybridized carbons (Fsp3) is 0.400. The van der Waals surface area contributed by atoms with Crippen LogP contribution in [0.5, 0.6) is 11.5 Å². The van der Waals surface area contributed by atoms with Gasteiger partial charge in [-0.15, -0.1) is 0 Å². The zero-order valence-electron chi connectivity index (χ0n) is 23.5. The van der Waals surface area contributed by atoms with E-state index in [9.17, 15) is 24.0 Å². The molecule has 2 aromatic heterocycles. The van der Waals surface area contributed by atoms with E-state index in [2.05, 4.69) is 26.6 Å². The monoisotopic (exact) mass is 558 g/mol. The molecule has 1 aromatic carbocycles. The van der Waals surface area contributed by atoms with Gasteiger partial charge in [-0.3, -0.25) is 14.4 Å². The number of amides is 2. The van der Waals surface area contributed by atoms with Crippen LogP contribution in [0.1, 0.15) is 66.1 Å². The molecule has 2 aliphatic rings. The van der Waals surface area contributed by atoms with Crippen molar-refractivity contribution in [3.05, 3.63) is 80.8 Å². The van der Waals surface area contributed by atoms with Crippen molar-refractivity contribution in [2.24, 2.45) is 5.41 Å². The number of rotatable bonds is 6. The van der Waals surface area contributed by atoms with Crippen LogP contribution in [0, 0.1) is 43.3 Å². The number of hydrogen-bond donors (Lipinski definition) is 2. The summed E-state index contributed by atoms with van der Waals surface area (Å²) in [6, 6.07) is 10.0. The van der Waals surface area contributed by atoms with E-state index >= 15 is 0 Å². The molecule has 0 radical (unpaired) electrons. The first kappa shape index (κ1) is 28.0. The summed E-state index contributed by atoms with van der Waals surface area (Å²) in [6.07, 6.45) is 1.37. The number of aromatic nitrogens is 3. The third kappa shape index (κ3) is 4.84. The molecule has 0 bridgehead atoms. The van der Waals surface area contributed by atoms with Crippen LogP contribution in [-0.2, 0) is 10.3 Å². The predicted molar refractivity (Wildman–Crippen MR) is 147 cm³/mol. The minimum Gasteiger partial charge on any atom is -0.450 e. The number of nitriles is 1. The second-order valence-corrected chi connectivity index (χ2v) is 11.4. The van der Waals surface area contributed by atoms with Crippen LogP contribution in [-0.4, -0.2) is 44.0 Å². The lowest BCUT2D eigenvalue weighted by Crippen LogP contribution is -2.50. The van der Waals surface area contributed by atoms with Crippen molar-refractivity contribution in [2.45, 2.75) is 71.5 Å². The Bertz CT molecular complexity index is 1660. The fourth-order valence-electron chi connectivity index (χ4n) is 6.11. The molecule has 2 saturated heterocycles. The van der Waals surface area contributed by atoms with Gasteiger partial charge in [-0.25, -0.2) is 14.5 Å². The van der Waals surface area contributed by atoms with Gasteiger partial charge >= 0.3 is 5.56 Å². The molecule has 4 heterocycles. The maximum atomic E-state index is 14.5. The molecule has 0 saturated carbocycles. The predicted octanol–water partition coefficient (Wildman–Crippen LogP) is 3.96. The Balaban J connectivity index is 1.43. The van der Waals surface area contributed by atoms with E-state index in [0.717, 1.165) is 5.56 Å². The zero-order valence-corrected chi connectivity index (χ0v) is 23.5. The second-order valence-electron chi connectivity index (χ2n) is 11.4. The van der Waals surface area contributed by atoms with Crippen LogP contribution in [0.4, 0.5) is 4.39 Å². The average molecular weight is 559 g/mol. The number of carbonyl (C=O) groups is 2. The molecule has 3 aromatic rings. The summed E-state index contributed by atoms with van der Waals surface area (Å²) in [4.78, 5) is 45.3. The lowest BCUT2D eigenvalue weighted by Gasteiger charge is -2.40. The van der Waals surface area contributed by atoms with Gasteiger partial charge in [0.15, 0.2) is 5.75 Å². The van der Waals surface area contributed by atoms with E-state index in [1.807, 2.05) is 6.92 Å². The van der Waals surface area contributed by atoms with Crippen LogP contribution >= 0.6 is 0 Å². The molecule has 0 aliphatic carbocycles. The summed E-state index contributed by atoms with van der Waals surface area (Å²) in [7, 11) is 0. The highest BCUT2D eigenvalue weighted by molar-refractivity contribution is 5.97. The number of aryl methyl sites for hydroxylation is 3. The third-order valence-corrected chi connectivity index (χ3v) is 8.20. The van der Waals surface area contributed by atoms with Crippen molar-refractivity contribution < 1.29 is 18.7 Å². The Morgan fingerprint density at radius 1 is 1.20 bits per heavy atom. The Labute approximate surface area is 236 Å². The summed E-state index contributed by atoms with van der Waals surface area (Å²) in [6.45, 7) is 8.81. The second kappa shape index (κ2) is 10.1. The topological polar surface area (TPSA) is 141 Å². The largest absolute Gasteiger partial charge is 0.450 e. The van der Waals surface area contributed by atoms with Gasteiger partial charge in [-0.05, 0) is 82.9 Å². The number of carbonyl (C=O) groups excluding carboxylic acids is 2. The van der Waals surface area contributed by atoms with Crippen molar-refractivity contribution >= 4 is 11.8 Å². The van der Waals surface area contributed by atoms with Crippen LogP contribution in [0.3, 0.4) is 0 Å². The van der Waals surface area contributed by atoms with Crippen LogP contribution < -0.4 is 15.6 Å². The number of halogens is 1. The molecular weight excluding hydrogens is 527 g/mol. The molecule has 41 heavy (non-hydrogen) atoms. The number of H-pyrrole nitrogens is 1. The number of nitrogens with zero attached hydrogens (tertiary/aromatic N) is 4. The number of fused-ring (bicyclic) bond motifs is 1. The van der Waals surface area contributed by atoms with Gasteiger partial charge < -0.3 is 15.0 Å². The van der Waals surface area contributed by atoms with E-state index in [1.165, 1.54) is 30.3 Å². The van der Waals surface area contributed by atoms with E-state index < -0.39 is 40.3 Å². The number of pyridine rings is 1. The van der Waals surface area contributed by atoms with Crippen molar-refractivity contribution in [1.82, 2.24) is 25.4 Å². The summed E-state index contributed by atoms with van der Waals surface area (Å²) in [5, 5.41) is 18.9. The molecule has 2 amide bonds. The number of hydrogen-bond acceptors (Lipinski definition) is 7. The van der Waals surface area contributed by atoms with Crippen LogP contribution in [0.2, 0.25) is 0 Å². The normalized spacial score (nSPS) is 21.9. The highest BCUT2D eigenvalue weighted by Crippen LogP contribution is 2.54. The maximum absolute atomic E-state index is 14.5. The molecule has 2 aliphatic heterocycles. The molecule has 212 valence electrons. The van der Waals surface area contributed by atoms with Gasteiger partial charge in [-0.1, -0.05) is 6.07 Å². The number of benzene rings is 1. The Hall–Kier alpha value is -4.59. The van der Waals surface area contributed by atoms with E-state index in [-0.39, 0.29) is 29.5 Å². The molecule has 2 fully saturated rings. The van der Waals surface area contributed by atoms with Gasteiger partial charge in [0, 0.05) is 12.5 Å². The maximum Gasteiger partial charge on any atom is 0.307 e. The number of aromatic amines is 1. The number of ether oxygens (including phenoxy) is 1. The fourth-order valence-corrected chi connectivity index (χ4v) is 6.11. The summed E-state index contributed by atoms with van der Waals surface area (Å²) < 4.78 is 20.2. The van der Waals surface area contributed by atoms with Crippen molar-refractivity contribution in [2.75, 3.05) is 0 Å². The van der Waals surface area contributed by atoms with Crippen LogP contribution in [0.15, 0.2) is 41.2 Å². The van der Waals surface area contributed by atoms with Gasteiger partial charge in [0.25, 0.3) is 5.91 Å². The van der Waals surface area contributed by atoms with Crippen LogP contribution in [0.25, 0.3) is 0 Å². The highest BCUT2D eigenvalue weighted by Gasteiger charge is 2.61. The molecule has 3 atom stereocenters. The first-order valence-electron chi connectivity index (χ1n) is 13.4. The van der Waals surface area contributed by atoms with E-state index in [4.69, 9.17) is 4.74 Å². The molecule has 0 spiro atoms. The average Bonchev–Trinajstić information content (AvgIpc) is 3.44. The molecule has 2 N–H and O–H groups in total. The first-order valence-corrected chi connectivity index (χ1v) is 13.4. The van der Waals surface area contributed by atoms with Crippen molar-refractivity contribution in [3.8, 4) is 17.6 Å². The Kier molecular flexibility index (Phi) is 6.89. The smallest absolute Gasteiger partial charge is 0.307 e. The van der Waals surface area contributed by atoms with Gasteiger partial charge in [0.1, 0.15) is 23.3 Å². The number of nitrogens with one attached hydrogen (secondary N) is 2. The third-order valence-electron chi connectivity index (χ3n) is 8.20. The molecule has 10 nitrogen and oxygen atoms in total. The molecule has 11 heteroatoms. The minimum absolute atomic E-state index is 0.0459. The SMILES string of the molecule is Cc1cc(Oc2ccc(C(=O)N[C@H]3C[C@@]4(c5cc(F)ccc5C)CC[C@H](C(C)(C)C#N)N4C3=O)nc2C)c(=O)[nH]n1. The Morgan fingerprint density at radius 3 is 2.66 bits per heavy atom. The Morgan fingerprint density at radius 2 is 1.95 bits per heavy atom. The quantitative estimate of drug-likeness (QED) is 0.467. The molecule has 0 unspecified atom stereocenters. The standard InChI is InChI=1S/C30H31FN6O4/c1-16-6-7-19(31)13-20(16)30-11-10-25(29(4,5)15-32)37(30)28(40)22(14-30)34-26(38)21-8-9-23(18(3)33-21)41-24-12-17(2)35-36-27(24)39/h6-9,12-13,22,25H,10-11,14H2,1-5H3,(H,34,38)(H,36,39)/t22-,25+,30+/m0/s1.